The van der Waals surface area contributed by atoms with Gasteiger partial charge in [-0.2, -0.15) is 0 Å². The van der Waals surface area contributed by atoms with Crippen LogP contribution in [0.3, 0.4) is 0 Å². The Bertz CT molecular complexity index is 376. The van der Waals surface area contributed by atoms with E-state index in [1.165, 1.54) is 38.5 Å². The van der Waals surface area contributed by atoms with Crippen molar-refractivity contribution in [3.8, 4) is 0 Å². The number of amides is 1. The van der Waals surface area contributed by atoms with Gasteiger partial charge >= 0.3 is 0 Å². The average Bonchev–Trinajstić information content (AvgIpc) is 2.83. The van der Waals surface area contributed by atoms with E-state index in [-0.39, 0.29) is 5.91 Å². The number of aliphatic hydroxyl groups is 1. The SMILES string of the molecule is O=C(NCC12CC3CC(CC(C3)C1)C2)C1(O)CCCC1. The van der Waals surface area contributed by atoms with Crippen molar-refractivity contribution in [2.24, 2.45) is 23.2 Å². The van der Waals surface area contributed by atoms with Crippen LogP contribution in [0.4, 0.5) is 0 Å². The summed E-state index contributed by atoms with van der Waals surface area (Å²) in [6.07, 6.45) is 11.6. The van der Waals surface area contributed by atoms with Crippen LogP contribution in [0.5, 0.6) is 0 Å². The molecular weight excluding hydrogens is 250 g/mol. The van der Waals surface area contributed by atoms with E-state index in [2.05, 4.69) is 5.32 Å². The second kappa shape index (κ2) is 4.46. The summed E-state index contributed by atoms with van der Waals surface area (Å²) >= 11 is 0. The molecule has 5 saturated carbocycles. The first-order valence-corrected chi connectivity index (χ1v) is 8.58. The lowest BCUT2D eigenvalue weighted by Crippen LogP contribution is -2.54. The molecule has 0 aromatic rings. The minimum Gasteiger partial charge on any atom is -0.380 e. The molecule has 5 fully saturated rings. The largest absolute Gasteiger partial charge is 0.380 e. The fourth-order valence-electron chi connectivity index (χ4n) is 6.13. The molecule has 1 amide bonds. The van der Waals surface area contributed by atoms with Crippen molar-refractivity contribution >= 4 is 5.91 Å². The molecule has 0 aromatic carbocycles. The van der Waals surface area contributed by atoms with E-state index in [0.717, 1.165) is 37.1 Å². The molecule has 0 radical (unpaired) electrons. The lowest BCUT2D eigenvalue weighted by Gasteiger charge is -2.57. The Kier molecular flexibility index (Phi) is 2.93. The van der Waals surface area contributed by atoms with Crippen LogP contribution in [0, 0.1) is 23.2 Å². The Morgan fingerprint density at radius 2 is 1.50 bits per heavy atom. The molecule has 5 aliphatic rings. The lowest BCUT2D eigenvalue weighted by molar-refractivity contribution is -0.141. The third kappa shape index (κ3) is 2.09. The van der Waals surface area contributed by atoms with Crippen molar-refractivity contribution in [1.82, 2.24) is 5.32 Å². The average molecular weight is 277 g/mol. The van der Waals surface area contributed by atoms with Crippen LogP contribution in [-0.2, 0) is 4.79 Å². The minimum absolute atomic E-state index is 0.0919. The van der Waals surface area contributed by atoms with Gasteiger partial charge in [-0.15, -0.1) is 0 Å². The number of hydrogen-bond acceptors (Lipinski definition) is 2. The van der Waals surface area contributed by atoms with Gasteiger partial charge in [0.25, 0.3) is 5.91 Å². The Morgan fingerprint density at radius 1 is 1.00 bits per heavy atom. The number of carbonyl (C=O) groups is 1. The van der Waals surface area contributed by atoms with Gasteiger partial charge in [-0.25, -0.2) is 0 Å². The molecule has 4 bridgehead atoms. The van der Waals surface area contributed by atoms with Gasteiger partial charge < -0.3 is 10.4 Å². The summed E-state index contributed by atoms with van der Waals surface area (Å²) in [6.45, 7) is 0.817. The molecular formula is C17H27NO2. The van der Waals surface area contributed by atoms with E-state index in [1.54, 1.807) is 0 Å². The van der Waals surface area contributed by atoms with E-state index in [9.17, 15) is 9.90 Å². The van der Waals surface area contributed by atoms with Crippen LogP contribution in [-0.4, -0.2) is 23.2 Å². The Hall–Kier alpha value is -0.570. The second-order valence-electron chi connectivity index (χ2n) is 8.34. The molecule has 0 saturated heterocycles. The zero-order valence-electron chi connectivity index (χ0n) is 12.4. The Balaban J connectivity index is 1.41. The molecule has 3 nitrogen and oxygen atoms in total. The van der Waals surface area contributed by atoms with Crippen molar-refractivity contribution in [1.29, 1.82) is 0 Å². The molecule has 0 heterocycles. The zero-order chi connectivity index (χ0) is 13.8. The van der Waals surface area contributed by atoms with Gasteiger partial charge in [-0.05, 0) is 87.4 Å². The molecule has 20 heavy (non-hydrogen) atoms. The maximum Gasteiger partial charge on any atom is 0.251 e. The Labute approximate surface area is 121 Å². The molecule has 0 aliphatic heterocycles. The fraction of sp³-hybridized carbons (Fsp3) is 0.941. The van der Waals surface area contributed by atoms with Gasteiger partial charge in [0, 0.05) is 6.54 Å². The van der Waals surface area contributed by atoms with Crippen LogP contribution < -0.4 is 5.32 Å². The summed E-state index contributed by atoms with van der Waals surface area (Å²) in [5.74, 6) is 2.68. The highest BCUT2D eigenvalue weighted by molar-refractivity contribution is 5.85. The van der Waals surface area contributed by atoms with Crippen LogP contribution in [0.2, 0.25) is 0 Å². The number of carbonyl (C=O) groups excluding carboxylic acids is 1. The molecule has 2 N–H and O–H groups in total. The predicted molar refractivity (Wildman–Crippen MR) is 77.0 cm³/mol. The van der Waals surface area contributed by atoms with Crippen molar-refractivity contribution in [2.45, 2.75) is 69.8 Å². The molecule has 0 unspecified atom stereocenters. The normalized spacial score (nSPS) is 44.8. The third-order valence-corrected chi connectivity index (χ3v) is 6.64. The topological polar surface area (TPSA) is 49.3 Å². The third-order valence-electron chi connectivity index (χ3n) is 6.64. The quantitative estimate of drug-likeness (QED) is 0.833. The van der Waals surface area contributed by atoms with Gasteiger partial charge in [0.2, 0.25) is 0 Å². The second-order valence-corrected chi connectivity index (χ2v) is 8.34. The first-order chi connectivity index (χ1) is 9.57. The minimum atomic E-state index is -1.05. The maximum absolute atomic E-state index is 12.3. The van der Waals surface area contributed by atoms with Gasteiger partial charge in [0.05, 0.1) is 0 Å². The van der Waals surface area contributed by atoms with Crippen molar-refractivity contribution in [3.05, 3.63) is 0 Å². The van der Waals surface area contributed by atoms with Gasteiger partial charge in [0.1, 0.15) is 5.60 Å². The van der Waals surface area contributed by atoms with Gasteiger partial charge in [-0.1, -0.05) is 0 Å². The van der Waals surface area contributed by atoms with Gasteiger partial charge in [0.15, 0.2) is 0 Å². The lowest BCUT2D eigenvalue weighted by atomic mass is 9.49. The highest BCUT2D eigenvalue weighted by Crippen LogP contribution is 2.59. The molecule has 0 aromatic heterocycles. The summed E-state index contributed by atoms with van der Waals surface area (Å²) in [5.41, 5.74) is -0.679. The molecule has 0 atom stereocenters. The standard InChI is InChI=1S/C17H27NO2/c19-15(17(20)3-1-2-4-17)18-11-16-8-12-5-13(9-16)7-14(6-12)10-16/h12-14,20H,1-11H2,(H,18,19). The smallest absolute Gasteiger partial charge is 0.251 e. The van der Waals surface area contributed by atoms with E-state index in [4.69, 9.17) is 0 Å². The number of nitrogens with one attached hydrogen (secondary N) is 1. The zero-order valence-corrected chi connectivity index (χ0v) is 12.4. The van der Waals surface area contributed by atoms with E-state index >= 15 is 0 Å². The first-order valence-electron chi connectivity index (χ1n) is 8.58. The van der Waals surface area contributed by atoms with E-state index in [0.29, 0.717) is 18.3 Å². The summed E-state index contributed by atoms with van der Waals surface area (Å²) in [6, 6.07) is 0. The summed E-state index contributed by atoms with van der Waals surface area (Å²) in [7, 11) is 0. The van der Waals surface area contributed by atoms with Crippen LogP contribution >= 0.6 is 0 Å². The van der Waals surface area contributed by atoms with Crippen LogP contribution in [0.25, 0.3) is 0 Å². The van der Waals surface area contributed by atoms with Gasteiger partial charge in [-0.3, -0.25) is 4.79 Å². The van der Waals surface area contributed by atoms with E-state index < -0.39 is 5.60 Å². The summed E-state index contributed by atoms with van der Waals surface area (Å²) < 4.78 is 0. The summed E-state index contributed by atoms with van der Waals surface area (Å²) in [4.78, 5) is 12.3. The molecule has 5 aliphatic carbocycles. The number of hydrogen-bond donors (Lipinski definition) is 2. The fourth-order valence-corrected chi connectivity index (χ4v) is 6.13. The summed E-state index contributed by atoms with van der Waals surface area (Å²) in [5, 5.41) is 13.5. The van der Waals surface area contributed by atoms with Crippen molar-refractivity contribution in [3.63, 3.8) is 0 Å². The molecule has 5 rings (SSSR count). The van der Waals surface area contributed by atoms with Crippen molar-refractivity contribution in [2.75, 3.05) is 6.54 Å². The van der Waals surface area contributed by atoms with Crippen LogP contribution in [0.15, 0.2) is 0 Å². The highest BCUT2D eigenvalue weighted by Gasteiger charge is 2.51. The van der Waals surface area contributed by atoms with Crippen molar-refractivity contribution < 1.29 is 9.90 Å². The monoisotopic (exact) mass is 277 g/mol. The number of rotatable bonds is 3. The maximum atomic E-state index is 12.3. The molecule has 3 heteroatoms. The first kappa shape index (κ1) is 13.1. The molecule has 0 spiro atoms. The highest BCUT2D eigenvalue weighted by atomic mass is 16.3. The molecule has 112 valence electrons. The van der Waals surface area contributed by atoms with Crippen LogP contribution in [0.1, 0.15) is 64.2 Å². The van der Waals surface area contributed by atoms with E-state index in [1.807, 2.05) is 0 Å². The predicted octanol–water partition coefficient (Wildman–Crippen LogP) is 2.62. The Morgan fingerprint density at radius 3 is 2.00 bits per heavy atom.